The van der Waals surface area contributed by atoms with Gasteiger partial charge in [-0.3, -0.25) is 0 Å². The molecule has 6 N–H and O–H groups in total. The van der Waals surface area contributed by atoms with E-state index in [1.54, 1.807) is 6.07 Å². The van der Waals surface area contributed by atoms with Crippen molar-refractivity contribution in [2.75, 3.05) is 13.2 Å². The molecule has 10 nitrogen and oxygen atoms in total. The van der Waals surface area contributed by atoms with Crippen LogP contribution in [0.1, 0.15) is 63.0 Å². The summed E-state index contributed by atoms with van der Waals surface area (Å²) < 4.78 is 17.6. The van der Waals surface area contributed by atoms with Crippen molar-refractivity contribution in [1.29, 1.82) is 0 Å². The van der Waals surface area contributed by atoms with Crippen molar-refractivity contribution >= 4 is 5.97 Å². The van der Waals surface area contributed by atoms with Gasteiger partial charge >= 0.3 is 5.97 Å². The molecular weight excluding hydrogens is 508 g/mol. The number of carboxylic acids is 1. The summed E-state index contributed by atoms with van der Waals surface area (Å²) in [5, 5.41) is 60.4. The molecule has 2 fully saturated rings. The monoisotopic (exact) mass is 552 g/mol. The number of carboxylic acid groups (broad SMARTS) is 1. The van der Waals surface area contributed by atoms with E-state index in [-0.39, 0.29) is 23.9 Å². The van der Waals surface area contributed by atoms with E-state index in [0.29, 0.717) is 25.0 Å². The maximum atomic E-state index is 11.1. The van der Waals surface area contributed by atoms with Crippen molar-refractivity contribution in [2.45, 2.75) is 108 Å². The Kier molecular flexibility index (Phi) is 10.6. The number of unbranched alkanes of at least 4 members (excludes halogenated alkanes) is 2. The van der Waals surface area contributed by atoms with Gasteiger partial charge in [-0.15, -0.1) is 0 Å². The summed E-state index contributed by atoms with van der Waals surface area (Å²) in [6, 6.07) is 5.71. The quantitative estimate of drug-likeness (QED) is 0.197. The Labute approximate surface area is 229 Å². The summed E-state index contributed by atoms with van der Waals surface area (Å²) in [7, 11) is 0. The SMILES string of the molecule is CCCCC[C@@H](O)CC[C@H]1[C@@H]2Cc3cccc(OCC(=O)O)c3C[C@@H]2C[C@@H]1OC1O[C@H](CO)[C@@H](O)C(O)[C@H]1O. The molecule has 10 heteroatoms. The lowest BCUT2D eigenvalue weighted by molar-refractivity contribution is -0.314. The molecule has 39 heavy (non-hydrogen) atoms. The van der Waals surface area contributed by atoms with Crippen LogP contribution >= 0.6 is 0 Å². The summed E-state index contributed by atoms with van der Waals surface area (Å²) in [6.45, 7) is 1.19. The first-order valence-corrected chi connectivity index (χ1v) is 14.3. The smallest absolute Gasteiger partial charge is 0.341 e. The first kappa shape index (κ1) is 30.2. The fourth-order valence-electron chi connectivity index (χ4n) is 6.72. The van der Waals surface area contributed by atoms with Crippen molar-refractivity contribution in [3.8, 4) is 5.75 Å². The minimum atomic E-state index is -1.51. The van der Waals surface area contributed by atoms with Crippen LogP contribution in [0.4, 0.5) is 0 Å². The molecule has 3 aliphatic rings. The maximum Gasteiger partial charge on any atom is 0.341 e. The average Bonchev–Trinajstić information content (AvgIpc) is 3.25. The van der Waals surface area contributed by atoms with E-state index < -0.39 is 56.0 Å². The molecule has 4 rings (SSSR count). The van der Waals surface area contributed by atoms with Gasteiger partial charge in [-0.05, 0) is 73.5 Å². The second-order valence-electron chi connectivity index (χ2n) is 11.4. The molecule has 2 aliphatic carbocycles. The Morgan fingerprint density at radius 2 is 1.90 bits per heavy atom. The van der Waals surface area contributed by atoms with Crippen molar-refractivity contribution in [1.82, 2.24) is 0 Å². The van der Waals surface area contributed by atoms with Gasteiger partial charge in [0, 0.05) is 0 Å². The molecule has 1 heterocycles. The molecule has 0 spiro atoms. The Morgan fingerprint density at radius 1 is 1.10 bits per heavy atom. The number of aliphatic hydroxyl groups excluding tert-OH is 5. The van der Waals surface area contributed by atoms with E-state index in [1.807, 2.05) is 12.1 Å². The van der Waals surface area contributed by atoms with Gasteiger partial charge in [0.15, 0.2) is 12.9 Å². The average molecular weight is 553 g/mol. The van der Waals surface area contributed by atoms with Gasteiger partial charge < -0.3 is 44.8 Å². The Balaban J connectivity index is 1.51. The highest BCUT2D eigenvalue weighted by Crippen LogP contribution is 2.50. The zero-order chi connectivity index (χ0) is 28.1. The number of rotatable bonds is 13. The number of fused-ring (bicyclic) bond motifs is 2. The molecule has 1 saturated heterocycles. The van der Waals surface area contributed by atoms with Crippen LogP contribution in [-0.2, 0) is 27.1 Å². The van der Waals surface area contributed by atoms with Gasteiger partial charge in [-0.1, -0.05) is 38.3 Å². The van der Waals surface area contributed by atoms with Crippen LogP contribution in [0.2, 0.25) is 0 Å². The van der Waals surface area contributed by atoms with Crippen molar-refractivity contribution < 1.29 is 49.6 Å². The number of benzene rings is 1. The van der Waals surface area contributed by atoms with Gasteiger partial charge in [0.25, 0.3) is 0 Å². The van der Waals surface area contributed by atoms with Crippen LogP contribution in [0.5, 0.6) is 5.75 Å². The van der Waals surface area contributed by atoms with E-state index in [2.05, 4.69) is 6.92 Å². The van der Waals surface area contributed by atoms with Crippen LogP contribution in [0.3, 0.4) is 0 Å². The van der Waals surface area contributed by atoms with Gasteiger partial charge in [0.2, 0.25) is 0 Å². The number of aliphatic hydroxyl groups is 5. The first-order valence-electron chi connectivity index (χ1n) is 14.3. The second kappa shape index (κ2) is 13.7. The summed E-state index contributed by atoms with van der Waals surface area (Å²) in [6.07, 6.45) is -0.0791. The largest absolute Gasteiger partial charge is 0.482 e. The zero-order valence-corrected chi connectivity index (χ0v) is 22.6. The van der Waals surface area contributed by atoms with Crippen LogP contribution in [-0.4, -0.2) is 92.7 Å². The highest BCUT2D eigenvalue weighted by Gasteiger charge is 2.50. The lowest BCUT2D eigenvalue weighted by Crippen LogP contribution is -2.59. The van der Waals surface area contributed by atoms with Crippen LogP contribution in [0, 0.1) is 17.8 Å². The topological polar surface area (TPSA) is 166 Å². The molecule has 1 saturated carbocycles. The normalized spacial score (nSPS) is 34.8. The van der Waals surface area contributed by atoms with E-state index in [1.165, 1.54) is 0 Å². The Morgan fingerprint density at radius 3 is 2.62 bits per heavy atom. The summed E-state index contributed by atoms with van der Waals surface area (Å²) in [5.74, 6) is 0.0522. The minimum absolute atomic E-state index is 0.0555. The molecular formula is C29H44O10. The fourth-order valence-corrected chi connectivity index (χ4v) is 6.72. The highest BCUT2D eigenvalue weighted by atomic mass is 16.7. The minimum Gasteiger partial charge on any atom is -0.482 e. The first-order chi connectivity index (χ1) is 18.7. The molecule has 1 aliphatic heterocycles. The van der Waals surface area contributed by atoms with Crippen molar-refractivity contribution in [2.24, 2.45) is 17.8 Å². The number of ether oxygens (including phenoxy) is 3. The number of aliphatic carboxylic acids is 1. The molecule has 10 atom stereocenters. The second-order valence-corrected chi connectivity index (χ2v) is 11.4. The molecule has 1 aromatic rings. The number of hydrogen-bond donors (Lipinski definition) is 6. The lowest BCUT2D eigenvalue weighted by atomic mass is 9.73. The van der Waals surface area contributed by atoms with Crippen LogP contribution in [0.15, 0.2) is 18.2 Å². The summed E-state index contributed by atoms with van der Waals surface area (Å²) in [4.78, 5) is 11.1. The molecule has 2 unspecified atom stereocenters. The number of hydrogen-bond acceptors (Lipinski definition) is 9. The highest BCUT2D eigenvalue weighted by molar-refractivity contribution is 5.68. The lowest BCUT2D eigenvalue weighted by Gasteiger charge is -2.41. The number of carbonyl (C=O) groups is 1. The van der Waals surface area contributed by atoms with Gasteiger partial charge in [0.05, 0.1) is 18.8 Å². The predicted molar refractivity (Wildman–Crippen MR) is 140 cm³/mol. The van der Waals surface area contributed by atoms with Gasteiger partial charge in [0.1, 0.15) is 30.2 Å². The molecule has 220 valence electrons. The van der Waals surface area contributed by atoms with Crippen molar-refractivity contribution in [3.63, 3.8) is 0 Å². The Bertz CT molecular complexity index is 939. The van der Waals surface area contributed by atoms with Crippen molar-refractivity contribution in [3.05, 3.63) is 29.3 Å². The molecule has 1 aromatic carbocycles. The van der Waals surface area contributed by atoms with E-state index >= 15 is 0 Å². The Hall–Kier alpha value is -1.79. The van der Waals surface area contributed by atoms with E-state index in [4.69, 9.17) is 19.3 Å². The predicted octanol–water partition coefficient (Wildman–Crippen LogP) is 1.41. The molecule has 0 bridgehead atoms. The molecule has 0 amide bonds. The van der Waals surface area contributed by atoms with Crippen LogP contribution < -0.4 is 4.74 Å². The third kappa shape index (κ3) is 7.11. The molecule has 0 radical (unpaired) electrons. The maximum absolute atomic E-state index is 11.1. The third-order valence-electron chi connectivity index (χ3n) is 8.80. The standard InChI is InChI=1S/C29H44O10/c1-2-3-4-7-18(31)9-10-19-20-11-16-6-5-8-22(37-15-25(32)33)21(16)12-17(20)13-23(19)38-29-28(36)27(35)26(34)24(14-30)39-29/h5-6,8,17-20,23-24,26-31,34-36H,2-4,7,9-15H2,1H3,(H,32,33)/t17-,18-,19+,20-,23+,24-,26-,27?,28-,29?/m1/s1. The molecule has 0 aromatic heterocycles. The fraction of sp³-hybridized carbons (Fsp3) is 0.759. The summed E-state index contributed by atoms with van der Waals surface area (Å²) >= 11 is 0. The third-order valence-corrected chi connectivity index (χ3v) is 8.80. The van der Waals surface area contributed by atoms with E-state index in [0.717, 1.165) is 49.7 Å². The van der Waals surface area contributed by atoms with Gasteiger partial charge in [-0.25, -0.2) is 4.79 Å². The van der Waals surface area contributed by atoms with Gasteiger partial charge in [-0.2, -0.15) is 0 Å². The van der Waals surface area contributed by atoms with Crippen LogP contribution in [0.25, 0.3) is 0 Å². The summed E-state index contributed by atoms with van der Waals surface area (Å²) in [5.41, 5.74) is 2.12. The zero-order valence-electron chi connectivity index (χ0n) is 22.6. The van der Waals surface area contributed by atoms with E-state index in [9.17, 15) is 30.3 Å².